The molecule has 3 aromatic rings. The van der Waals surface area contributed by atoms with Gasteiger partial charge in [0.25, 0.3) is 0 Å². The van der Waals surface area contributed by atoms with E-state index in [1.807, 2.05) is 44.3 Å². The van der Waals surface area contributed by atoms with E-state index >= 15 is 0 Å². The van der Waals surface area contributed by atoms with Gasteiger partial charge in [-0.05, 0) is 81.0 Å². The lowest BCUT2D eigenvalue weighted by atomic mass is 9.96. The molecule has 11 heteroatoms. The smallest absolute Gasteiger partial charge is 0.490 e. The lowest BCUT2D eigenvalue weighted by molar-refractivity contribution is -0.203. The van der Waals surface area contributed by atoms with E-state index in [9.17, 15) is 28.0 Å². The number of carbonyl (C=O) groups excluding carboxylic acids is 2. The molecule has 1 fully saturated rings. The molecule has 41 heavy (non-hydrogen) atoms. The summed E-state index contributed by atoms with van der Waals surface area (Å²) < 4.78 is 47.5. The van der Waals surface area contributed by atoms with Crippen LogP contribution >= 0.6 is 11.3 Å². The van der Waals surface area contributed by atoms with Crippen LogP contribution in [0.1, 0.15) is 50.3 Å². The highest BCUT2D eigenvalue weighted by Crippen LogP contribution is 2.37. The Morgan fingerprint density at radius 3 is 2.71 bits per heavy atom. The first-order valence-electron chi connectivity index (χ1n) is 13.4. The topological polar surface area (TPSA) is 92.5 Å². The summed E-state index contributed by atoms with van der Waals surface area (Å²) in [5.41, 5.74) is 4.47. The Kier molecular flexibility index (Phi) is 9.46. The van der Waals surface area contributed by atoms with Crippen LogP contribution in [0.15, 0.2) is 42.6 Å². The third kappa shape index (κ3) is 7.13. The van der Waals surface area contributed by atoms with Gasteiger partial charge in [-0.15, -0.1) is 11.3 Å². The Balaban J connectivity index is 1.50. The standard InChI is InChI=1S/C30H30F3N3O4S/c1-4-22-19(12-14-36-13-6-9-24(36)28(37)40-29(38)30(31,32)33)7-5-8-23(22)26-17-35-27(41-26)20-10-11-25(39-18(2)3)21(15-20)16-34/h5,7-8,10-11,15,17-18,24H,4,6,9,12-14H2,1-3H3/t24-/m0/s1. The molecule has 4 rings (SSSR count). The molecular weight excluding hydrogens is 555 g/mol. The van der Waals surface area contributed by atoms with Gasteiger partial charge in [-0.1, -0.05) is 25.1 Å². The van der Waals surface area contributed by atoms with E-state index in [1.165, 1.54) is 11.3 Å². The SMILES string of the molecule is CCc1c(CCN2CCC[C@H]2C(=O)OC(=O)C(F)(F)F)cccc1-c1cnc(-c2ccc(OC(C)C)c(C#N)c2)s1. The van der Waals surface area contributed by atoms with Gasteiger partial charge in [-0.3, -0.25) is 4.90 Å². The molecule has 216 valence electrons. The van der Waals surface area contributed by atoms with E-state index in [-0.39, 0.29) is 6.10 Å². The summed E-state index contributed by atoms with van der Waals surface area (Å²) in [6, 6.07) is 12.7. The molecule has 2 heterocycles. The van der Waals surface area contributed by atoms with Crippen molar-refractivity contribution in [2.45, 2.75) is 64.8 Å². The second-order valence-corrected chi connectivity index (χ2v) is 11.0. The number of nitrogens with zero attached hydrogens (tertiary/aromatic N) is 3. The normalized spacial score (nSPS) is 15.6. The second-order valence-electron chi connectivity index (χ2n) is 9.97. The summed E-state index contributed by atoms with van der Waals surface area (Å²) in [6.45, 7) is 6.83. The van der Waals surface area contributed by atoms with E-state index in [2.05, 4.69) is 22.7 Å². The zero-order valence-electron chi connectivity index (χ0n) is 23.0. The molecule has 0 saturated carbocycles. The van der Waals surface area contributed by atoms with Gasteiger partial charge >= 0.3 is 18.1 Å². The first kappa shape index (κ1) is 30.2. The number of hydrogen-bond donors (Lipinski definition) is 0. The van der Waals surface area contributed by atoms with E-state index in [0.717, 1.165) is 38.6 Å². The maximum Gasteiger partial charge on any atom is 0.491 e. The maximum atomic E-state index is 12.6. The molecule has 1 aliphatic heterocycles. The highest BCUT2D eigenvalue weighted by atomic mass is 32.1. The summed E-state index contributed by atoms with van der Waals surface area (Å²) in [5, 5.41) is 10.4. The van der Waals surface area contributed by atoms with Crippen LogP contribution in [0, 0.1) is 11.3 Å². The molecule has 0 radical (unpaired) electrons. The van der Waals surface area contributed by atoms with Gasteiger partial charge < -0.3 is 9.47 Å². The molecule has 7 nitrogen and oxygen atoms in total. The number of carbonyl (C=O) groups is 2. The summed E-state index contributed by atoms with van der Waals surface area (Å²) in [6.07, 6.45) is -1.17. The van der Waals surface area contributed by atoms with Crippen molar-refractivity contribution in [3.05, 3.63) is 59.3 Å². The zero-order chi connectivity index (χ0) is 29.7. The van der Waals surface area contributed by atoms with Crippen molar-refractivity contribution in [1.29, 1.82) is 5.26 Å². The van der Waals surface area contributed by atoms with E-state index in [1.54, 1.807) is 17.0 Å². The van der Waals surface area contributed by atoms with Crippen molar-refractivity contribution >= 4 is 23.3 Å². The van der Waals surface area contributed by atoms with Crippen LogP contribution in [0.4, 0.5) is 13.2 Å². The minimum atomic E-state index is -5.21. The van der Waals surface area contributed by atoms with Crippen molar-refractivity contribution in [3.8, 4) is 32.8 Å². The van der Waals surface area contributed by atoms with Crippen molar-refractivity contribution in [2.75, 3.05) is 13.1 Å². The number of nitriles is 1. The van der Waals surface area contributed by atoms with Crippen LogP contribution in [0.3, 0.4) is 0 Å². The van der Waals surface area contributed by atoms with Gasteiger partial charge in [0.05, 0.1) is 16.5 Å². The fraction of sp³-hybridized carbons (Fsp3) is 0.400. The minimum absolute atomic E-state index is 0.0529. The number of esters is 2. The first-order valence-corrected chi connectivity index (χ1v) is 14.2. The van der Waals surface area contributed by atoms with E-state index < -0.39 is 24.2 Å². The Bertz CT molecular complexity index is 1460. The third-order valence-electron chi connectivity index (χ3n) is 6.84. The number of alkyl halides is 3. The monoisotopic (exact) mass is 585 g/mol. The van der Waals surface area contributed by atoms with Crippen LogP contribution in [0.25, 0.3) is 21.0 Å². The van der Waals surface area contributed by atoms with Crippen molar-refractivity contribution in [1.82, 2.24) is 9.88 Å². The van der Waals surface area contributed by atoms with Crippen molar-refractivity contribution in [2.24, 2.45) is 0 Å². The quantitative estimate of drug-likeness (QED) is 0.214. The molecule has 0 amide bonds. The Morgan fingerprint density at radius 1 is 1.24 bits per heavy atom. The lowest BCUT2D eigenvalue weighted by Gasteiger charge is -2.23. The highest BCUT2D eigenvalue weighted by molar-refractivity contribution is 7.18. The summed E-state index contributed by atoms with van der Waals surface area (Å²) in [7, 11) is 0. The average molecular weight is 586 g/mol. The zero-order valence-corrected chi connectivity index (χ0v) is 23.8. The molecule has 1 saturated heterocycles. The molecule has 1 aromatic heterocycles. The van der Waals surface area contributed by atoms with Crippen LogP contribution in [0.5, 0.6) is 5.75 Å². The third-order valence-corrected chi connectivity index (χ3v) is 7.92. The summed E-state index contributed by atoms with van der Waals surface area (Å²) in [5.74, 6) is -3.11. The van der Waals surface area contributed by atoms with Crippen molar-refractivity contribution < 1.29 is 32.2 Å². The Morgan fingerprint density at radius 2 is 2.02 bits per heavy atom. The molecule has 0 spiro atoms. The fourth-order valence-corrected chi connectivity index (χ4v) is 5.96. The molecule has 0 bridgehead atoms. The molecule has 0 unspecified atom stereocenters. The van der Waals surface area contributed by atoms with E-state index in [4.69, 9.17) is 4.74 Å². The molecule has 1 aliphatic rings. The predicted octanol–water partition coefficient (Wildman–Crippen LogP) is 6.34. The van der Waals surface area contributed by atoms with Gasteiger partial charge in [0, 0.05) is 18.3 Å². The average Bonchev–Trinajstić information content (AvgIpc) is 3.61. The molecular formula is C30H30F3N3O4S. The largest absolute Gasteiger partial charge is 0.491 e. The van der Waals surface area contributed by atoms with Crippen LogP contribution < -0.4 is 4.74 Å². The minimum Gasteiger partial charge on any atom is -0.490 e. The summed E-state index contributed by atoms with van der Waals surface area (Å²) >= 11 is 1.51. The predicted molar refractivity (Wildman–Crippen MR) is 148 cm³/mol. The number of aromatic nitrogens is 1. The molecule has 0 N–H and O–H groups in total. The van der Waals surface area contributed by atoms with Crippen molar-refractivity contribution in [3.63, 3.8) is 0 Å². The lowest BCUT2D eigenvalue weighted by Crippen LogP contribution is -2.41. The fourth-order valence-electron chi connectivity index (χ4n) is 5.00. The van der Waals surface area contributed by atoms with Crippen LogP contribution in [0.2, 0.25) is 0 Å². The van der Waals surface area contributed by atoms with Gasteiger partial charge in [0.2, 0.25) is 0 Å². The highest BCUT2D eigenvalue weighted by Gasteiger charge is 2.44. The number of ether oxygens (including phenoxy) is 2. The number of benzene rings is 2. The van der Waals surface area contributed by atoms with Gasteiger partial charge in [0.15, 0.2) is 0 Å². The molecule has 0 aliphatic carbocycles. The second kappa shape index (κ2) is 12.8. The number of halogens is 3. The van der Waals surface area contributed by atoms with Crippen LogP contribution in [-0.2, 0) is 27.2 Å². The van der Waals surface area contributed by atoms with Gasteiger partial charge in [0.1, 0.15) is 22.9 Å². The number of hydrogen-bond acceptors (Lipinski definition) is 8. The van der Waals surface area contributed by atoms with Crippen LogP contribution in [-0.4, -0.2) is 53.2 Å². The number of rotatable bonds is 9. The Hall–Kier alpha value is -3.75. The molecule has 2 aromatic carbocycles. The maximum absolute atomic E-state index is 12.6. The van der Waals surface area contributed by atoms with Gasteiger partial charge in [-0.25, -0.2) is 14.6 Å². The van der Waals surface area contributed by atoms with Gasteiger partial charge in [-0.2, -0.15) is 18.4 Å². The number of thiazole rings is 1. The Labute approximate surface area is 240 Å². The molecule has 1 atom stereocenters. The number of likely N-dealkylation sites (tertiary alicyclic amines) is 1. The van der Waals surface area contributed by atoms with E-state index in [0.29, 0.717) is 43.7 Å². The first-order chi connectivity index (χ1) is 19.5. The summed E-state index contributed by atoms with van der Waals surface area (Å²) in [4.78, 5) is 30.8.